The predicted octanol–water partition coefficient (Wildman–Crippen LogP) is 3.30. The van der Waals surface area contributed by atoms with Crippen LogP contribution in [0.25, 0.3) is 11.3 Å². The number of carbonyl (C=O) groups excluding carboxylic acids is 1. The van der Waals surface area contributed by atoms with E-state index in [1.807, 2.05) is 18.2 Å². The molecule has 5 rings (SSSR count). The van der Waals surface area contributed by atoms with Crippen LogP contribution in [0, 0.1) is 11.3 Å². The number of benzene rings is 1. The topological polar surface area (TPSA) is 140 Å². The van der Waals surface area contributed by atoms with E-state index in [9.17, 15) is 23.9 Å². The van der Waals surface area contributed by atoms with Crippen molar-refractivity contribution in [2.75, 3.05) is 57.1 Å². The van der Waals surface area contributed by atoms with Crippen molar-refractivity contribution in [2.45, 2.75) is 44.4 Å². The Hall–Kier alpha value is -4.61. The number of rotatable bonds is 8. The summed E-state index contributed by atoms with van der Waals surface area (Å²) in [6.45, 7) is 5.26. The van der Waals surface area contributed by atoms with Crippen molar-refractivity contribution in [3.8, 4) is 29.0 Å². The van der Waals surface area contributed by atoms with Crippen LogP contribution < -0.4 is 19.7 Å². The van der Waals surface area contributed by atoms with Crippen molar-refractivity contribution in [3.05, 3.63) is 48.3 Å². The van der Waals surface area contributed by atoms with Gasteiger partial charge < -0.3 is 34.6 Å². The number of halogens is 2. The molecule has 1 aromatic carbocycles. The van der Waals surface area contributed by atoms with E-state index in [1.165, 1.54) is 25.4 Å². The molecule has 0 spiro atoms. The van der Waals surface area contributed by atoms with Gasteiger partial charge in [-0.2, -0.15) is 10.2 Å². The van der Waals surface area contributed by atoms with E-state index in [-0.39, 0.29) is 24.3 Å². The molecular weight excluding hydrogens is 586 g/mol. The first-order chi connectivity index (χ1) is 21.5. The van der Waals surface area contributed by atoms with Crippen molar-refractivity contribution >= 4 is 23.2 Å². The van der Waals surface area contributed by atoms with Crippen molar-refractivity contribution in [1.82, 2.24) is 24.8 Å². The molecular formula is C31H36F2N8O4. The maximum atomic E-state index is 14.9. The number of carbonyl (C=O) groups is 1. The van der Waals surface area contributed by atoms with Gasteiger partial charge in [-0.15, -0.1) is 0 Å². The number of aliphatic hydroxyl groups excluding tert-OH is 1. The number of nitrogens with one attached hydrogen (secondary N) is 1. The van der Waals surface area contributed by atoms with Crippen LogP contribution in [0.2, 0.25) is 0 Å². The summed E-state index contributed by atoms with van der Waals surface area (Å²) in [6.07, 6.45) is -1.70. The second kappa shape index (κ2) is 13.2. The molecule has 0 radical (unpaired) electrons. The lowest BCUT2D eigenvalue weighted by atomic mass is 10.0. The quantitative estimate of drug-likeness (QED) is 0.383. The van der Waals surface area contributed by atoms with Gasteiger partial charge in [-0.3, -0.25) is 4.79 Å². The minimum absolute atomic E-state index is 0.000291. The first kappa shape index (κ1) is 31.8. The Bertz CT molecular complexity index is 1580. The van der Waals surface area contributed by atoms with Gasteiger partial charge >= 0.3 is 5.92 Å². The van der Waals surface area contributed by atoms with E-state index in [1.54, 1.807) is 19.2 Å². The minimum atomic E-state index is -3.38. The molecule has 2 aliphatic heterocycles. The molecule has 0 saturated carbocycles. The zero-order valence-electron chi connectivity index (χ0n) is 25.6. The molecule has 14 heteroatoms. The highest BCUT2D eigenvalue weighted by Gasteiger charge is 2.48. The fourth-order valence-electron chi connectivity index (χ4n) is 5.63. The highest BCUT2D eigenvalue weighted by molar-refractivity contribution is 5.80. The number of hydrogen-bond acceptors (Lipinski definition) is 11. The van der Waals surface area contributed by atoms with Crippen LogP contribution in [0.15, 0.2) is 42.7 Å². The Kier molecular flexibility index (Phi) is 9.31. The number of piperidine rings is 1. The second-order valence-electron chi connectivity index (χ2n) is 11.4. The molecule has 2 unspecified atom stereocenters. The van der Waals surface area contributed by atoms with Crippen molar-refractivity contribution < 1.29 is 28.2 Å². The first-order valence-corrected chi connectivity index (χ1v) is 14.6. The van der Waals surface area contributed by atoms with Crippen molar-refractivity contribution in [3.63, 3.8) is 0 Å². The van der Waals surface area contributed by atoms with Crippen LogP contribution in [0.3, 0.4) is 0 Å². The van der Waals surface area contributed by atoms with E-state index >= 15 is 0 Å². The molecule has 238 valence electrons. The number of aliphatic hydroxyl groups is 1. The second-order valence-corrected chi connectivity index (χ2v) is 11.4. The van der Waals surface area contributed by atoms with Gasteiger partial charge in [-0.1, -0.05) is 0 Å². The molecule has 3 aromatic rings. The summed E-state index contributed by atoms with van der Waals surface area (Å²) < 4.78 is 41.0. The Balaban J connectivity index is 1.30. The van der Waals surface area contributed by atoms with Crippen LogP contribution in [0.5, 0.6) is 11.6 Å². The predicted molar refractivity (Wildman–Crippen MR) is 163 cm³/mol. The van der Waals surface area contributed by atoms with Gasteiger partial charge in [0.2, 0.25) is 5.88 Å². The summed E-state index contributed by atoms with van der Waals surface area (Å²) in [5.74, 6) is -2.68. The van der Waals surface area contributed by atoms with Gasteiger partial charge in [0.15, 0.2) is 6.10 Å². The molecule has 0 aliphatic carbocycles. The van der Waals surface area contributed by atoms with Gasteiger partial charge in [0.25, 0.3) is 5.91 Å². The third-order valence-electron chi connectivity index (χ3n) is 7.96. The summed E-state index contributed by atoms with van der Waals surface area (Å²) in [7, 11) is 3.69. The number of pyridine rings is 1. The maximum Gasteiger partial charge on any atom is 0.301 e. The third kappa shape index (κ3) is 7.05. The number of alkyl halides is 2. The number of hydrogen-bond donors (Lipinski definition) is 2. The average Bonchev–Trinajstić information content (AvgIpc) is 3.02. The van der Waals surface area contributed by atoms with Crippen LogP contribution >= 0.6 is 0 Å². The number of ether oxygens (including phenoxy) is 2. The number of anilines is 3. The molecule has 1 amide bonds. The molecule has 2 fully saturated rings. The monoisotopic (exact) mass is 622 g/mol. The average molecular weight is 623 g/mol. The number of aromatic nitrogens is 3. The van der Waals surface area contributed by atoms with E-state index in [0.717, 1.165) is 30.2 Å². The zero-order valence-corrected chi connectivity index (χ0v) is 25.6. The fourth-order valence-corrected chi connectivity index (χ4v) is 5.63. The highest BCUT2D eigenvalue weighted by Crippen LogP contribution is 2.35. The molecule has 2 aromatic heterocycles. The fraction of sp³-hybridized carbons (Fsp3) is 0.452. The van der Waals surface area contributed by atoms with Gasteiger partial charge in [0, 0.05) is 50.3 Å². The number of nitriles is 1. The molecule has 4 heterocycles. The van der Waals surface area contributed by atoms with Crippen molar-refractivity contribution in [1.29, 1.82) is 5.26 Å². The van der Waals surface area contributed by atoms with Crippen LogP contribution in [0.1, 0.15) is 25.8 Å². The van der Waals surface area contributed by atoms with E-state index in [2.05, 4.69) is 44.0 Å². The molecule has 45 heavy (non-hydrogen) atoms. The third-order valence-corrected chi connectivity index (χ3v) is 7.96. The summed E-state index contributed by atoms with van der Waals surface area (Å²) >= 11 is 0. The van der Waals surface area contributed by atoms with Gasteiger partial charge in [0.05, 0.1) is 24.9 Å². The Morgan fingerprint density at radius 2 is 1.98 bits per heavy atom. The minimum Gasteiger partial charge on any atom is -0.483 e. The zero-order chi connectivity index (χ0) is 32.3. The van der Waals surface area contributed by atoms with Crippen LogP contribution in [-0.2, 0) is 4.79 Å². The van der Waals surface area contributed by atoms with Gasteiger partial charge in [-0.05, 0) is 51.2 Å². The number of piperazine rings is 1. The van der Waals surface area contributed by atoms with Crippen molar-refractivity contribution in [2.24, 2.45) is 0 Å². The lowest BCUT2D eigenvalue weighted by molar-refractivity contribution is -0.165. The summed E-state index contributed by atoms with van der Waals surface area (Å²) in [4.78, 5) is 30.8. The number of likely N-dealkylation sites (tertiary alicyclic amines) is 1. The number of nitrogens with zero attached hydrogens (tertiary/aromatic N) is 7. The molecule has 3 atom stereocenters. The van der Waals surface area contributed by atoms with Gasteiger partial charge in [0.1, 0.15) is 41.6 Å². The number of methoxy groups -OCH3 is 1. The molecule has 2 N–H and O–H groups in total. The highest BCUT2D eigenvalue weighted by atomic mass is 19.3. The Morgan fingerprint density at radius 1 is 1.18 bits per heavy atom. The van der Waals surface area contributed by atoms with E-state index < -0.39 is 30.6 Å². The van der Waals surface area contributed by atoms with Crippen LogP contribution in [-0.4, -0.2) is 107 Å². The lowest BCUT2D eigenvalue weighted by Gasteiger charge is -2.40. The summed E-state index contributed by atoms with van der Waals surface area (Å²) in [5.41, 5.74) is 2.01. The first-order valence-electron chi connectivity index (χ1n) is 14.6. The van der Waals surface area contributed by atoms with E-state index in [4.69, 9.17) is 9.47 Å². The smallest absolute Gasteiger partial charge is 0.301 e. The normalized spacial score (nSPS) is 20.7. The van der Waals surface area contributed by atoms with Gasteiger partial charge in [-0.25, -0.2) is 18.7 Å². The summed E-state index contributed by atoms with van der Waals surface area (Å²) in [6, 6.07) is 12.4. The maximum absolute atomic E-state index is 14.9. The number of amides is 1. The largest absolute Gasteiger partial charge is 0.483 e. The molecule has 0 bridgehead atoms. The molecule has 2 saturated heterocycles. The lowest BCUT2D eigenvalue weighted by Crippen LogP contribution is -2.56. The molecule has 12 nitrogen and oxygen atoms in total. The van der Waals surface area contributed by atoms with Crippen LogP contribution in [0.4, 0.5) is 26.1 Å². The Morgan fingerprint density at radius 3 is 2.67 bits per heavy atom. The standard InChI is InChI=1S/C31H36F2N8O4/c1-19-16-39(3)11-12-41(19)24-6-8-27(38-29(24)44-4)37-28-14-23(35-18-36-28)21-5-7-25(22(13-21)15-34)45-26-9-10-40(17-31(26,32)33)30(43)20(2)42/h5-8,13-14,18-20,26,42H,9-12,16-17H2,1-4H3,(H,35,36,37,38)/t19-,20?,26?/m1/s1. The molecule has 2 aliphatic rings. The SMILES string of the molecule is COc1nc(Nc2cc(-c3ccc(OC4CCN(C(=O)C(C)O)CC4(F)F)c(C#N)c3)ncn2)ccc1N1CCN(C)C[C@H]1C. The number of likely N-dealkylation sites (N-methyl/N-ethyl adjacent to an activating group) is 1. The Labute approximate surface area is 260 Å². The summed E-state index contributed by atoms with van der Waals surface area (Å²) in [5, 5.41) is 22.5. The van der Waals surface area contributed by atoms with E-state index in [0.29, 0.717) is 34.8 Å².